The van der Waals surface area contributed by atoms with Gasteiger partial charge in [-0.1, -0.05) is 45.4 Å². The van der Waals surface area contributed by atoms with Crippen LogP contribution in [0.2, 0.25) is 0 Å². The van der Waals surface area contributed by atoms with Crippen LogP contribution in [0.25, 0.3) is 0 Å². The van der Waals surface area contributed by atoms with E-state index in [9.17, 15) is 18.3 Å². The molecule has 0 aliphatic carbocycles. The molecular formula is C12H23F3O. The van der Waals surface area contributed by atoms with Crippen molar-refractivity contribution in [3.63, 3.8) is 0 Å². The minimum Gasteiger partial charge on any atom is -0.393 e. The molecule has 0 aromatic carbocycles. The first-order valence-corrected chi connectivity index (χ1v) is 6.20. The molecule has 98 valence electrons. The Morgan fingerprint density at radius 3 is 2.06 bits per heavy atom. The molecule has 0 saturated carbocycles. The van der Waals surface area contributed by atoms with Crippen LogP contribution in [0, 0.1) is 0 Å². The van der Waals surface area contributed by atoms with E-state index in [2.05, 4.69) is 6.92 Å². The van der Waals surface area contributed by atoms with Gasteiger partial charge in [-0.2, -0.15) is 13.2 Å². The molecule has 0 bridgehead atoms. The second-order valence-corrected chi connectivity index (χ2v) is 4.36. The molecule has 0 heterocycles. The van der Waals surface area contributed by atoms with Crippen LogP contribution in [0.3, 0.4) is 0 Å². The maximum absolute atomic E-state index is 11.8. The second kappa shape index (κ2) is 8.85. The van der Waals surface area contributed by atoms with Crippen LogP contribution in [0.5, 0.6) is 0 Å². The molecule has 0 aromatic heterocycles. The van der Waals surface area contributed by atoms with Gasteiger partial charge in [0, 0.05) is 6.42 Å². The summed E-state index contributed by atoms with van der Waals surface area (Å²) in [6.07, 6.45) is 1.13. The van der Waals surface area contributed by atoms with E-state index in [0.717, 1.165) is 19.3 Å². The fourth-order valence-electron chi connectivity index (χ4n) is 1.63. The van der Waals surface area contributed by atoms with E-state index < -0.39 is 18.7 Å². The predicted molar refractivity (Wildman–Crippen MR) is 59.3 cm³/mol. The fourth-order valence-corrected chi connectivity index (χ4v) is 1.63. The zero-order valence-corrected chi connectivity index (χ0v) is 10.0. The van der Waals surface area contributed by atoms with Gasteiger partial charge in [-0.3, -0.25) is 0 Å². The van der Waals surface area contributed by atoms with Crippen LogP contribution >= 0.6 is 0 Å². The van der Waals surface area contributed by atoms with Gasteiger partial charge >= 0.3 is 6.18 Å². The summed E-state index contributed by atoms with van der Waals surface area (Å²) >= 11 is 0. The topological polar surface area (TPSA) is 20.2 Å². The van der Waals surface area contributed by atoms with Crippen molar-refractivity contribution >= 4 is 0 Å². The lowest BCUT2D eigenvalue weighted by atomic mass is 10.0. The van der Waals surface area contributed by atoms with E-state index in [4.69, 9.17) is 0 Å². The van der Waals surface area contributed by atoms with Gasteiger partial charge in [0.1, 0.15) is 0 Å². The van der Waals surface area contributed by atoms with Crippen LogP contribution < -0.4 is 0 Å². The van der Waals surface area contributed by atoms with Gasteiger partial charge in [0.25, 0.3) is 0 Å². The van der Waals surface area contributed by atoms with E-state index in [0.29, 0.717) is 6.42 Å². The Hall–Kier alpha value is -0.250. The molecule has 1 atom stereocenters. The standard InChI is InChI=1S/C12H23F3O/c1-2-3-4-5-6-7-8-11(16)9-10-12(13,14)15/h11,16H,2-10H2,1H3. The van der Waals surface area contributed by atoms with Crippen molar-refractivity contribution < 1.29 is 18.3 Å². The number of rotatable bonds is 9. The molecule has 16 heavy (non-hydrogen) atoms. The SMILES string of the molecule is CCCCCCCCC(O)CCC(F)(F)F. The number of alkyl halides is 3. The quantitative estimate of drug-likeness (QED) is 0.591. The van der Waals surface area contributed by atoms with Crippen molar-refractivity contribution in [2.45, 2.75) is 77.0 Å². The third kappa shape index (κ3) is 11.8. The van der Waals surface area contributed by atoms with Crippen molar-refractivity contribution in [1.82, 2.24) is 0 Å². The molecule has 0 amide bonds. The molecule has 0 aromatic rings. The minimum atomic E-state index is -4.14. The number of aliphatic hydroxyl groups is 1. The van der Waals surface area contributed by atoms with Gasteiger partial charge in [-0.05, 0) is 12.8 Å². The Morgan fingerprint density at radius 2 is 1.50 bits per heavy atom. The number of hydrogen-bond donors (Lipinski definition) is 1. The summed E-state index contributed by atoms with van der Waals surface area (Å²) in [7, 11) is 0. The van der Waals surface area contributed by atoms with Crippen LogP contribution in [0.4, 0.5) is 13.2 Å². The third-order valence-electron chi connectivity index (χ3n) is 2.65. The molecular weight excluding hydrogens is 217 g/mol. The number of halogens is 3. The maximum atomic E-state index is 11.8. The monoisotopic (exact) mass is 240 g/mol. The Kier molecular flexibility index (Phi) is 8.71. The van der Waals surface area contributed by atoms with E-state index in [1.54, 1.807) is 0 Å². The largest absolute Gasteiger partial charge is 0.393 e. The molecule has 1 unspecified atom stereocenters. The lowest BCUT2D eigenvalue weighted by molar-refractivity contribution is -0.140. The van der Waals surface area contributed by atoms with Gasteiger partial charge < -0.3 is 5.11 Å². The van der Waals surface area contributed by atoms with Crippen LogP contribution in [0.15, 0.2) is 0 Å². The lowest BCUT2D eigenvalue weighted by Gasteiger charge is -2.11. The highest BCUT2D eigenvalue weighted by atomic mass is 19.4. The van der Waals surface area contributed by atoms with E-state index in [1.807, 2.05) is 0 Å². The summed E-state index contributed by atoms with van der Waals surface area (Å²) in [4.78, 5) is 0. The van der Waals surface area contributed by atoms with E-state index in [-0.39, 0.29) is 6.42 Å². The summed E-state index contributed by atoms with van der Waals surface area (Å²) in [6.45, 7) is 2.14. The minimum absolute atomic E-state index is 0.154. The molecule has 0 saturated heterocycles. The van der Waals surface area contributed by atoms with Crippen LogP contribution in [-0.4, -0.2) is 17.4 Å². The Labute approximate surface area is 96.0 Å². The molecule has 0 rings (SSSR count). The molecule has 1 N–H and O–H groups in total. The van der Waals surface area contributed by atoms with Crippen molar-refractivity contribution in [3.8, 4) is 0 Å². The first-order valence-electron chi connectivity index (χ1n) is 6.20. The van der Waals surface area contributed by atoms with Gasteiger partial charge in [0.2, 0.25) is 0 Å². The summed E-state index contributed by atoms with van der Waals surface area (Å²) < 4.78 is 35.5. The lowest BCUT2D eigenvalue weighted by Crippen LogP contribution is -2.14. The Bertz CT molecular complexity index is 157. The molecule has 4 heteroatoms. The Balaban J connectivity index is 3.27. The van der Waals surface area contributed by atoms with Crippen LogP contribution in [0.1, 0.15) is 64.7 Å². The predicted octanol–water partition coefficient (Wildman–Crippen LogP) is 4.44. The van der Waals surface area contributed by atoms with Gasteiger partial charge in [0.15, 0.2) is 0 Å². The van der Waals surface area contributed by atoms with Crippen molar-refractivity contribution in [3.05, 3.63) is 0 Å². The number of hydrogen-bond acceptors (Lipinski definition) is 1. The van der Waals surface area contributed by atoms with Crippen molar-refractivity contribution in [2.75, 3.05) is 0 Å². The Morgan fingerprint density at radius 1 is 0.938 bits per heavy atom. The molecule has 0 radical (unpaired) electrons. The summed E-state index contributed by atoms with van der Waals surface area (Å²) in [5.41, 5.74) is 0. The second-order valence-electron chi connectivity index (χ2n) is 4.36. The number of unbranched alkanes of at least 4 members (excludes halogenated alkanes) is 5. The molecule has 0 spiro atoms. The molecule has 0 aliphatic heterocycles. The zero-order valence-electron chi connectivity index (χ0n) is 10.0. The van der Waals surface area contributed by atoms with Crippen molar-refractivity contribution in [1.29, 1.82) is 0 Å². The van der Waals surface area contributed by atoms with Gasteiger partial charge in [0.05, 0.1) is 6.10 Å². The average Bonchev–Trinajstić information content (AvgIpc) is 2.19. The molecule has 0 aliphatic rings. The average molecular weight is 240 g/mol. The highest BCUT2D eigenvalue weighted by molar-refractivity contribution is 4.60. The number of aliphatic hydroxyl groups excluding tert-OH is 1. The maximum Gasteiger partial charge on any atom is 0.389 e. The van der Waals surface area contributed by atoms with Gasteiger partial charge in [-0.15, -0.1) is 0 Å². The summed E-state index contributed by atoms with van der Waals surface area (Å²) in [6, 6.07) is 0. The first kappa shape index (κ1) is 15.8. The van der Waals surface area contributed by atoms with Gasteiger partial charge in [-0.25, -0.2) is 0 Å². The van der Waals surface area contributed by atoms with E-state index in [1.165, 1.54) is 19.3 Å². The highest BCUT2D eigenvalue weighted by Crippen LogP contribution is 2.23. The summed E-state index contributed by atoms with van der Waals surface area (Å²) in [5.74, 6) is 0. The fraction of sp³-hybridized carbons (Fsp3) is 1.00. The first-order chi connectivity index (χ1) is 7.45. The molecule has 1 nitrogen and oxygen atoms in total. The van der Waals surface area contributed by atoms with E-state index >= 15 is 0 Å². The highest BCUT2D eigenvalue weighted by Gasteiger charge is 2.27. The normalized spacial score (nSPS) is 14.1. The molecule has 0 fully saturated rings. The van der Waals surface area contributed by atoms with Crippen molar-refractivity contribution in [2.24, 2.45) is 0 Å². The smallest absolute Gasteiger partial charge is 0.389 e. The third-order valence-corrected chi connectivity index (χ3v) is 2.65. The summed E-state index contributed by atoms with van der Waals surface area (Å²) in [5, 5.41) is 9.32. The van der Waals surface area contributed by atoms with Crippen LogP contribution in [-0.2, 0) is 0 Å². The zero-order chi connectivity index (χ0) is 12.4.